The molecule has 0 saturated carbocycles. The number of aliphatic carboxylic acids is 1. The van der Waals surface area contributed by atoms with Gasteiger partial charge < -0.3 is 16.2 Å². The molecule has 0 aliphatic heterocycles. The molecule has 0 rings (SSSR count). The maximum atomic E-state index is 10.6. The van der Waals surface area contributed by atoms with E-state index in [2.05, 4.69) is 5.32 Å². The second-order valence-electron chi connectivity index (χ2n) is 2.10. The standard InChI is InChI=1S/C6H12N2O3/c1-2-5(9)8-3-4(7)6(10)11/h4H,2-3,7H2,1H3,(H,8,9)(H,10,11)/t4-/m0/s1. The minimum Gasteiger partial charge on any atom is -0.480 e. The van der Waals surface area contributed by atoms with Gasteiger partial charge in [0.05, 0.1) is 0 Å². The highest BCUT2D eigenvalue weighted by Gasteiger charge is 2.11. The minimum absolute atomic E-state index is 0.0119. The molecule has 0 bridgehead atoms. The zero-order valence-corrected chi connectivity index (χ0v) is 6.33. The number of carbonyl (C=O) groups is 2. The van der Waals surface area contributed by atoms with Gasteiger partial charge in [0.2, 0.25) is 5.91 Å². The predicted octanol–water partition coefficient (Wildman–Crippen LogP) is -1.08. The maximum Gasteiger partial charge on any atom is 0.322 e. The largest absolute Gasteiger partial charge is 0.480 e. The lowest BCUT2D eigenvalue weighted by Gasteiger charge is -2.06. The van der Waals surface area contributed by atoms with Gasteiger partial charge in [0.1, 0.15) is 6.04 Å². The number of hydrogen-bond donors (Lipinski definition) is 3. The highest BCUT2D eigenvalue weighted by atomic mass is 16.4. The summed E-state index contributed by atoms with van der Waals surface area (Å²) in [6.07, 6.45) is 0.340. The Kier molecular flexibility index (Phi) is 4.21. The fourth-order valence-corrected chi connectivity index (χ4v) is 0.436. The van der Waals surface area contributed by atoms with E-state index < -0.39 is 12.0 Å². The van der Waals surface area contributed by atoms with E-state index in [9.17, 15) is 9.59 Å². The van der Waals surface area contributed by atoms with Crippen molar-refractivity contribution in [3.05, 3.63) is 0 Å². The summed E-state index contributed by atoms with van der Waals surface area (Å²) >= 11 is 0. The Morgan fingerprint density at radius 2 is 2.18 bits per heavy atom. The Hall–Kier alpha value is -1.10. The van der Waals surface area contributed by atoms with Gasteiger partial charge in [0.15, 0.2) is 0 Å². The molecular formula is C6H12N2O3. The van der Waals surface area contributed by atoms with Gasteiger partial charge in [-0.3, -0.25) is 9.59 Å². The number of amides is 1. The van der Waals surface area contributed by atoms with Gasteiger partial charge in [-0.2, -0.15) is 0 Å². The average Bonchev–Trinajstić information content (AvgIpc) is 1.99. The van der Waals surface area contributed by atoms with Crippen LogP contribution in [0.15, 0.2) is 0 Å². The molecule has 0 aromatic rings. The van der Waals surface area contributed by atoms with Gasteiger partial charge >= 0.3 is 5.97 Å². The number of carboxylic acid groups (broad SMARTS) is 1. The van der Waals surface area contributed by atoms with Gasteiger partial charge in [-0.1, -0.05) is 6.92 Å². The first-order valence-electron chi connectivity index (χ1n) is 3.33. The van der Waals surface area contributed by atoms with Crippen molar-refractivity contribution in [3.63, 3.8) is 0 Å². The molecule has 0 aromatic carbocycles. The quantitative estimate of drug-likeness (QED) is 0.488. The van der Waals surface area contributed by atoms with Crippen LogP contribution in [0, 0.1) is 0 Å². The number of nitrogens with one attached hydrogen (secondary N) is 1. The summed E-state index contributed by atoms with van der Waals surface area (Å²) in [6, 6.07) is -1.01. The highest BCUT2D eigenvalue weighted by Crippen LogP contribution is 1.78. The maximum absolute atomic E-state index is 10.6. The fraction of sp³-hybridized carbons (Fsp3) is 0.667. The summed E-state index contributed by atoms with van der Waals surface area (Å²) in [6.45, 7) is 1.67. The predicted molar refractivity (Wildman–Crippen MR) is 38.9 cm³/mol. The summed E-state index contributed by atoms with van der Waals surface area (Å²) in [4.78, 5) is 20.7. The molecule has 0 aliphatic rings. The van der Waals surface area contributed by atoms with Crippen molar-refractivity contribution < 1.29 is 14.7 Å². The molecular weight excluding hydrogens is 148 g/mol. The molecule has 0 radical (unpaired) electrons. The second-order valence-corrected chi connectivity index (χ2v) is 2.10. The van der Waals surface area contributed by atoms with Gasteiger partial charge in [-0.15, -0.1) is 0 Å². The zero-order valence-electron chi connectivity index (χ0n) is 6.33. The van der Waals surface area contributed by atoms with Gasteiger partial charge in [0.25, 0.3) is 0 Å². The van der Waals surface area contributed by atoms with Crippen LogP contribution in [-0.4, -0.2) is 29.6 Å². The van der Waals surface area contributed by atoms with E-state index in [4.69, 9.17) is 10.8 Å². The molecule has 1 atom stereocenters. The third-order valence-electron chi connectivity index (χ3n) is 1.16. The van der Waals surface area contributed by atoms with Crippen LogP contribution in [-0.2, 0) is 9.59 Å². The van der Waals surface area contributed by atoms with Crippen molar-refractivity contribution in [1.29, 1.82) is 0 Å². The summed E-state index contributed by atoms with van der Waals surface area (Å²) in [5, 5.41) is 10.7. The first-order chi connectivity index (χ1) is 5.07. The van der Waals surface area contributed by atoms with Crippen molar-refractivity contribution in [1.82, 2.24) is 5.32 Å². The smallest absolute Gasteiger partial charge is 0.322 e. The molecule has 0 unspecified atom stereocenters. The number of carboxylic acids is 1. The molecule has 5 nitrogen and oxygen atoms in total. The summed E-state index contributed by atoms with van der Waals surface area (Å²) < 4.78 is 0. The summed E-state index contributed by atoms with van der Waals surface area (Å²) in [5.74, 6) is -1.30. The Labute approximate surface area is 64.6 Å². The number of hydrogen-bond acceptors (Lipinski definition) is 3. The second kappa shape index (κ2) is 4.68. The van der Waals surface area contributed by atoms with Crippen LogP contribution < -0.4 is 11.1 Å². The molecule has 0 heterocycles. The first-order valence-corrected chi connectivity index (χ1v) is 3.33. The van der Waals surface area contributed by atoms with Crippen LogP contribution in [0.25, 0.3) is 0 Å². The molecule has 5 heteroatoms. The molecule has 1 amide bonds. The number of nitrogens with two attached hydrogens (primary N) is 1. The van der Waals surface area contributed by atoms with Crippen molar-refractivity contribution in [2.45, 2.75) is 19.4 Å². The van der Waals surface area contributed by atoms with Crippen LogP contribution in [0.1, 0.15) is 13.3 Å². The third kappa shape index (κ3) is 4.32. The molecule has 0 saturated heterocycles. The van der Waals surface area contributed by atoms with E-state index >= 15 is 0 Å². The van der Waals surface area contributed by atoms with Crippen molar-refractivity contribution >= 4 is 11.9 Å². The summed E-state index contributed by atoms with van der Waals surface area (Å²) in [7, 11) is 0. The summed E-state index contributed by atoms with van der Waals surface area (Å²) in [5.41, 5.74) is 5.11. The average molecular weight is 160 g/mol. The molecule has 0 aromatic heterocycles. The van der Waals surface area contributed by atoms with E-state index in [0.29, 0.717) is 6.42 Å². The minimum atomic E-state index is -1.11. The first kappa shape index (κ1) is 9.90. The number of rotatable bonds is 4. The van der Waals surface area contributed by atoms with Crippen LogP contribution in [0.5, 0.6) is 0 Å². The van der Waals surface area contributed by atoms with Crippen molar-refractivity contribution in [2.24, 2.45) is 5.73 Å². The molecule has 4 N–H and O–H groups in total. The molecule has 0 spiro atoms. The molecule has 64 valence electrons. The molecule has 0 fully saturated rings. The topological polar surface area (TPSA) is 92.4 Å². The zero-order chi connectivity index (χ0) is 8.85. The van der Waals surface area contributed by atoms with E-state index in [0.717, 1.165) is 0 Å². The van der Waals surface area contributed by atoms with E-state index in [-0.39, 0.29) is 12.5 Å². The Morgan fingerprint density at radius 3 is 2.55 bits per heavy atom. The highest BCUT2D eigenvalue weighted by molar-refractivity contribution is 5.78. The van der Waals surface area contributed by atoms with E-state index in [1.807, 2.05) is 0 Å². The Bertz CT molecular complexity index is 158. The van der Waals surface area contributed by atoms with Crippen LogP contribution >= 0.6 is 0 Å². The normalized spacial score (nSPS) is 12.2. The van der Waals surface area contributed by atoms with Crippen LogP contribution in [0.4, 0.5) is 0 Å². The monoisotopic (exact) mass is 160 g/mol. The third-order valence-corrected chi connectivity index (χ3v) is 1.16. The lowest BCUT2D eigenvalue weighted by molar-refractivity contribution is -0.138. The van der Waals surface area contributed by atoms with E-state index in [1.54, 1.807) is 6.92 Å². The lowest BCUT2D eigenvalue weighted by atomic mass is 10.3. The number of carbonyl (C=O) groups excluding carboxylic acids is 1. The van der Waals surface area contributed by atoms with Crippen LogP contribution in [0.3, 0.4) is 0 Å². The molecule has 11 heavy (non-hydrogen) atoms. The van der Waals surface area contributed by atoms with Crippen molar-refractivity contribution in [3.8, 4) is 0 Å². The van der Waals surface area contributed by atoms with Gasteiger partial charge in [-0.05, 0) is 0 Å². The van der Waals surface area contributed by atoms with Crippen LogP contribution in [0.2, 0.25) is 0 Å². The Balaban J connectivity index is 3.54. The van der Waals surface area contributed by atoms with Crippen molar-refractivity contribution in [2.75, 3.05) is 6.54 Å². The fourth-order valence-electron chi connectivity index (χ4n) is 0.436. The van der Waals surface area contributed by atoms with Gasteiger partial charge in [0, 0.05) is 13.0 Å². The lowest BCUT2D eigenvalue weighted by Crippen LogP contribution is -2.42. The molecule has 0 aliphatic carbocycles. The van der Waals surface area contributed by atoms with E-state index in [1.165, 1.54) is 0 Å². The SMILES string of the molecule is CCC(=O)NC[C@H](N)C(=O)O. The Morgan fingerprint density at radius 1 is 1.64 bits per heavy atom. The van der Waals surface area contributed by atoms with Gasteiger partial charge in [-0.25, -0.2) is 0 Å².